The molecule has 2 rings (SSSR count). The number of aromatic nitrogens is 2. The van der Waals surface area contributed by atoms with Crippen molar-refractivity contribution in [2.45, 2.75) is 0 Å². The van der Waals surface area contributed by atoms with E-state index in [1.165, 1.54) is 6.07 Å². The second-order valence-electron chi connectivity index (χ2n) is 3.55. The van der Waals surface area contributed by atoms with Gasteiger partial charge in [-0.3, -0.25) is 9.89 Å². The number of hydrogen-bond acceptors (Lipinski definition) is 3. The van der Waals surface area contributed by atoms with Crippen LogP contribution in [-0.2, 0) is 0 Å². The number of carboxylic acids is 1. The van der Waals surface area contributed by atoms with Crippen molar-refractivity contribution in [2.75, 3.05) is 5.32 Å². The maximum Gasteiger partial charge on any atom is 0.353 e. The lowest BCUT2D eigenvalue weighted by atomic mass is 10.2. The molecule has 1 heterocycles. The predicted molar refractivity (Wildman–Crippen MR) is 64.9 cm³/mol. The summed E-state index contributed by atoms with van der Waals surface area (Å²) >= 11 is 5.72. The molecule has 1 aromatic carbocycles. The Hall–Kier alpha value is -2.41. The van der Waals surface area contributed by atoms with Gasteiger partial charge in [0.1, 0.15) is 11.5 Å². The van der Waals surface area contributed by atoms with E-state index in [4.69, 9.17) is 16.7 Å². The third kappa shape index (κ3) is 2.89. The monoisotopic (exact) mass is 283 g/mol. The normalized spacial score (nSPS) is 10.2. The van der Waals surface area contributed by atoms with E-state index in [0.29, 0.717) is 0 Å². The molecule has 0 aliphatic rings. The molecule has 0 unspecified atom stereocenters. The number of aromatic amines is 1. The van der Waals surface area contributed by atoms with Crippen molar-refractivity contribution in [3.63, 3.8) is 0 Å². The fraction of sp³-hybridized carbons (Fsp3) is 0. The van der Waals surface area contributed by atoms with Crippen LogP contribution in [0.4, 0.5) is 10.2 Å². The molecule has 98 valence electrons. The molecule has 0 fully saturated rings. The van der Waals surface area contributed by atoms with Crippen LogP contribution in [0.25, 0.3) is 0 Å². The van der Waals surface area contributed by atoms with E-state index < -0.39 is 17.7 Å². The molecule has 0 saturated carbocycles. The Balaban J connectivity index is 2.18. The molecule has 0 aliphatic heterocycles. The summed E-state index contributed by atoms with van der Waals surface area (Å²) in [7, 11) is 0. The first-order valence-corrected chi connectivity index (χ1v) is 5.40. The summed E-state index contributed by atoms with van der Waals surface area (Å²) in [6.07, 6.45) is 0. The number of benzene rings is 1. The molecule has 1 amide bonds. The molecule has 0 saturated heterocycles. The van der Waals surface area contributed by atoms with Crippen LogP contribution in [0.2, 0.25) is 5.02 Å². The summed E-state index contributed by atoms with van der Waals surface area (Å²) in [5.74, 6) is -2.35. The van der Waals surface area contributed by atoms with Gasteiger partial charge >= 0.3 is 5.97 Å². The smallest absolute Gasteiger partial charge is 0.353 e. The summed E-state index contributed by atoms with van der Waals surface area (Å²) in [6.45, 7) is 0. The van der Waals surface area contributed by atoms with Crippen LogP contribution in [0.3, 0.4) is 0 Å². The number of nitrogens with zero attached hydrogens (tertiary/aromatic N) is 1. The van der Waals surface area contributed by atoms with Crippen molar-refractivity contribution in [3.8, 4) is 0 Å². The summed E-state index contributed by atoms with van der Waals surface area (Å²) in [6, 6.07) is 4.47. The number of anilines is 1. The number of nitrogens with one attached hydrogen (secondary N) is 2. The molecule has 0 spiro atoms. The third-order valence-corrected chi connectivity index (χ3v) is 2.54. The number of H-pyrrole nitrogens is 1. The molecule has 6 nitrogen and oxygen atoms in total. The quantitative estimate of drug-likeness (QED) is 0.804. The Morgan fingerprint density at radius 2 is 2.11 bits per heavy atom. The lowest BCUT2D eigenvalue weighted by Gasteiger charge is -2.03. The van der Waals surface area contributed by atoms with E-state index in [2.05, 4.69) is 15.5 Å². The Morgan fingerprint density at radius 3 is 2.68 bits per heavy atom. The predicted octanol–water partition coefficient (Wildman–Crippen LogP) is 2.15. The number of carbonyl (C=O) groups excluding carboxylic acids is 1. The van der Waals surface area contributed by atoms with E-state index in [-0.39, 0.29) is 22.1 Å². The van der Waals surface area contributed by atoms with E-state index >= 15 is 0 Å². The number of halogens is 2. The average Bonchev–Trinajstić information content (AvgIpc) is 2.77. The van der Waals surface area contributed by atoms with E-state index in [9.17, 15) is 14.0 Å². The fourth-order valence-electron chi connectivity index (χ4n) is 1.35. The van der Waals surface area contributed by atoms with Gasteiger partial charge in [0.15, 0.2) is 5.82 Å². The number of amides is 1. The van der Waals surface area contributed by atoms with Crippen LogP contribution in [0.15, 0.2) is 24.3 Å². The number of hydrogen-bond donors (Lipinski definition) is 3. The minimum absolute atomic E-state index is 0.0304. The SMILES string of the molecule is O=C(O)c1cc(NC(=O)c2ccc(F)cc2Cl)n[nH]1. The largest absolute Gasteiger partial charge is 0.477 e. The summed E-state index contributed by atoms with van der Waals surface area (Å²) in [5.41, 5.74) is -0.108. The Labute approximate surface area is 111 Å². The van der Waals surface area contributed by atoms with Crippen molar-refractivity contribution in [1.29, 1.82) is 0 Å². The second-order valence-corrected chi connectivity index (χ2v) is 3.96. The molecular formula is C11H7ClFN3O3. The van der Waals surface area contributed by atoms with Gasteiger partial charge in [0.2, 0.25) is 0 Å². The van der Waals surface area contributed by atoms with E-state index in [1.54, 1.807) is 0 Å². The van der Waals surface area contributed by atoms with Gasteiger partial charge in [-0.25, -0.2) is 9.18 Å². The first-order chi connectivity index (χ1) is 8.97. The molecule has 0 radical (unpaired) electrons. The fourth-order valence-corrected chi connectivity index (χ4v) is 1.61. The van der Waals surface area contributed by atoms with E-state index in [0.717, 1.165) is 18.2 Å². The highest BCUT2D eigenvalue weighted by Gasteiger charge is 2.14. The van der Waals surface area contributed by atoms with Gasteiger partial charge in [-0.1, -0.05) is 11.6 Å². The zero-order valence-corrected chi connectivity index (χ0v) is 10.0. The number of rotatable bonds is 3. The Morgan fingerprint density at radius 1 is 1.37 bits per heavy atom. The highest BCUT2D eigenvalue weighted by molar-refractivity contribution is 6.34. The van der Waals surface area contributed by atoms with Gasteiger partial charge in [0.05, 0.1) is 10.6 Å². The molecule has 1 aromatic heterocycles. The highest BCUT2D eigenvalue weighted by Crippen LogP contribution is 2.18. The third-order valence-electron chi connectivity index (χ3n) is 2.23. The van der Waals surface area contributed by atoms with Crippen molar-refractivity contribution >= 4 is 29.3 Å². The Bertz CT molecular complexity index is 656. The highest BCUT2D eigenvalue weighted by atomic mass is 35.5. The number of carbonyl (C=O) groups is 2. The molecule has 0 bridgehead atoms. The van der Waals surface area contributed by atoms with Gasteiger partial charge in [-0.2, -0.15) is 5.10 Å². The first kappa shape index (κ1) is 13.0. The van der Waals surface area contributed by atoms with Crippen LogP contribution >= 0.6 is 11.6 Å². The molecule has 3 N–H and O–H groups in total. The minimum atomic E-state index is -1.20. The molecule has 8 heteroatoms. The van der Waals surface area contributed by atoms with Gasteiger partial charge in [0, 0.05) is 6.07 Å². The van der Waals surface area contributed by atoms with Gasteiger partial charge in [-0.15, -0.1) is 0 Å². The van der Waals surface area contributed by atoms with Crippen LogP contribution in [0, 0.1) is 5.82 Å². The topological polar surface area (TPSA) is 95.1 Å². The number of aromatic carboxylic acids is 1. The molecular weight excluding hydrogens is 277 g/mol. The van der Waals surface area contributed by atoms with E-state index in [1.807, 2.05) is 0 Å². The summed E-state index contributed by atoms with van der Waals surface area (Å²) in [4.78, 5) is 22.4. The first-order valence-electron chi connectivity index (χ1n) is 5.02. The van der Waals surface area contributed by atoms with Gasteiger partial charge < -0.3 is 10.4 Å². The van der Waals surface area contributed by atoms with Crippen molar-refractivity contribution in [3.05, 3.63) is 46.4 Å². The Kier molecular flexibility index (Phi) is 3.48. The van der Waals surface area contributed by atoms with Crippen molar-refractivity contribution in [1.82, 2.24) is 10.2 Å². The zero-order valence-electron chi connectivity index (χ0n) is 9.28. The van der Waals surface area contributed by atoms with Crippen LogP contribution in [-0.4, -0.2) is 27.2 Å². The molecule has 0 atom stereocenters. The van der Waals surface area contributed by atoms with Crippen LogP contribution in [0.5, 0.6) is 0 Å². The maximum absolute atomic E-state index is 12.8. The van der Waals surface area contributed by atoms with Crippen molar-refractivity contribution in [2.24, 2.45) is 0 Å². The molecule has 2 aromatic rings. The zero-order chi connectivity index (χ0) is 14.0. The minimum Gasteiger partial charge on any atom is -0.477 e. The van der Waals surface area contributed by atoms with Crippen LogP contribution < -0.4 is 5.32 Å². The maximum atomic E-state index is 12.8. The number of carboxylic acid groups (broad SMARTS) is 1. The second kappa shape index (κ2) is 5.07. The summed E-state index contributed by atoms with van der Waals surface area (Å²) in [5, 5.41) is 16.8. The molecule has 19 heavy (non-hydrogen) atoms. The molecule has 0 aliphatic carbocycles. The van der Waals surface area contributed by atoms with Crippen molar-refractivity contribution < 1.29 is 19.1 Å². The van der Waals surface area contributed by atoms with Gasteiger partial charge in [0.25, 0.3) is 5.91 Å². The standard InChI is InChI=1S/C11H7ClFN3O3/c12-7-3-5(13)1-2-6(7)10(17)14-9-4-8(11(18)19)15-16-9/h1-4H,(H,18,19)(H2,14,15,16,17). The average molecular weight is 284 g/mol. The van der Waals surface area contributed by atoms with Gasteiger partial charge in [-0.05, 0) is 18.2 Å². The summed E-state index contributed by atoms with van der Waals surface area (Å²) < 4.78 is 12.8. The lowest BCUT2D eigenvalue weighted by molar-refractivity contribution is 0.0690. The van der Waals surface area contributed by atoms with Crippen LogP contribution in [0.1, 0.15) is 20.8 Å². The lowest BCUT2D eigenvalue weighted by Crippen LogP contribution is -2.12.